The molecule has 0 spiro atoms. The number of fused-ring (bicyclic) bond motifs is 4. The minimum Gasteiger partial charge on any atom is -0.422 e. The molecule has 1 aliphatic rings. The van der Waals surface area contributed by atoms with Crippen LogP contribution in [0.4, 0.5) is 15.9 Å². The highest BCUT2D eigenvalue weighted by molar-refractivity contribution is 5.95. The van der Waals surface area contributed by atoms with Gasteiger partial charge in [-0.25, -0.2) is 9.18 Å². The molecule has 0 saturated heterocycles. The van der Waals surface area contributed by atoms with Gasteiger partial charge in [0.25, 0.3) is 0 Å². The van der Waals surface area contributed by atoms with E-state index in [-0.39, 0.29) is 11.7 Å². The molecule has 5 rings (SSSR count). The van der Waals surface area contributed by atoms with Gasteiger partial charge in [0.2, 0.25) is 0 Å². The lowest BCUT2D eigenvalue weighted by Gasteiger charge is -2.26. The zero-order valence-corrected chi connectivity index (χ0v) is 13.8. The molecular formula is C20H14FN3O2. The van der Waals surface area contributed by atoms with Crippen LogP contribution in [0.15, 0.2) is 57.7 Å². The van der Waals surface area contributed by atoms with Crippen molar-refractivity contribution in [2.45, 2.75) is 12.8 Å². The van der Waals surface area contributed by atoms with Gasteiger partial charge in [-0.3, -0.25) is 5.10 Å². The van der Waals surface area contributed by atoms with Crippen LogP contribution in [0, 0.1) is 12.7 Å². The molecule has 0 amide bonds. The van der Waals surface area contributed by atoms with Crippen LogP contribution in [0.3, 0.4) is 0 Å². The Morgan fingerprint density at radius 2 is 1.85 bits per heavy atom. The Hall–Kier alpha value is -3.41. The molecule has 2 N–H and O–H groups in total. The Bertz CT molecular complexity index is 1210. The summed E-state index contributed by atoms with van der Waals surface area (Å²) >= 11 is 0. The highest BCUT2D eigenvalue weighted by Crippen LogP contribution is 2.46. The van der Waals surface area contributed by atoms with Gasteiger partial charge in [-0.15, -0.1) is 0 Å². The summed E-state index contributed by atoms with van der Waals surface area (Å²) < 4.78 is 19.0. The normalized spacial score (nSPS) is 15.4. The summed E-state index contributed by atoms with van der Waals surface area (Å²) in [6.07, 6.45) is 0. The largest absolute Gasteiger partial charge is 0.422 e. The highest BCUT2D eigenvalue weighted by atomic mass is 19.1. The SMILES string of the molecule is Cc1[nH]nc2c1C(c1ccc(F)cc1)c1c(c3ccccc3oc1=O)N2. The van der Waals surface area contributed by atoms with Crippen molar-refractivity contribution in [2.75, 3.05) is 5.32 Å². The molecule has 0 saturated carbocycles. The number of aromatic nitrogens is 2. The summed E-state index contributed by atoms with van der Waals surface area (Å²) in [7, 11) is 0. The molecule has 4 aromatic rings. The molecule has 0 aliphatic carbocycles. The van der Waals surface area contributed by atoms with Crippen molar-refractivity contribution >= 4 is 22.5 Å². The molecule has 3 heterocycles. The highest BCUT2D eigenvalue weighted by Gasteiger charge is 2.35. The van der Waals surface area contributed by atoms with E-state index in [1.807, 2.05) is 25.1 Å². The second-order valence-electron chi connectivity index (χ2n) is 6.39. The van der Waals surface area contributed by atoms with Crippen LogP contribution < -0.4 is 10.9 Å². The fraction of sp³-hybridized carbons (Fsp3) is 0.100. The van der Waals surface area contributed by atoms with E-state index in [9.17, 15) is 9.18 Å². The van der Waals surface area contributed by atoms with Crippen molar-refractivity contribution < 1.29 is 8.81 Å². The molecule has 26 heavy (non-hydrogen) atoms. The number of hydrogen-bond acceptors (Lipinski definition) is 4. The first-order valence-corrected chi connectivity index (χ1v) is 8.26. The average Bonchev–Trinajstić information content (AvgIpc) is 3.02. The van der Waals surface area contributed by atoms with Crippen molar-refractivity contribution in [2.24, 2.45) is 0 Å². The average molecular weight is 347 g/mol. The fourth-order valence-electron chi connectivity index (χ4n) is 3.70. The predicted octanol–water partition coefficient (Wildman–Crippen LogP) is 4.20. The Morgan fingerprint density at radius 1 is 1.08 bits per heavy atom. The van der Waals surface area contributed by atoms with Gasteiger partial charge in [-0.1, -0.05) is 24.3 Å². The van der Waals surface area contributed by atoms with Gasteiger partial charge >= 0.3 is 5.63 Å². The lowest BCUT2D eigenvalue weighted by Crippen LogP contribution is -2.22. The van der Waals surface area contributed by atoms with E-state index < -0.39 is 5.63 Å². The van der Waals surface area contributed by atoms with Gasteiger partial charge in [0.05, 0.1) is 11.3 Å². The Balaban J connectivity index is 1.88. The summed E-state index contributed by atoms with van der Waals surface area (Å²) in [6.45, 7) is 1.90. The number of nitrogens with zero attached hydrogens (tertiary/aromatic N) is 1. The topological polar surface area (TPSA) is 70.9 Å². The van der Waals surface area contributed by atoms with Crippen LogP contribution in [0.2, 0.25) is 0 Å². The zero-order chi connectivity index (χ0) is 17.8. The maximum absolute atomic E-state index is 13.4. The summed E-state index contributed by atoms with van der Waals surface area (Å²) in [4.78, 5) is 12.9. The number of H-pyrrole nitrogens is 1. The number of nitrogens with one attached hydrogen (secondary N) is 2. The summed E-state index contributed by atoms with van der Waals surface area (Å²) in [5, 5.41) is 11.4. The summed E-state index contributed by atoms with van der Waals surface area (Å²) in [5.74, 6) is -0.0425. The Morgan fingerprint density at radius 3 is 2.65 bits per heavy atom. The molecule has 1 atom stereocenters. The fourth-order valence-corrected chi connectivity index (χ4v) is 3.70. The number of para-hydroxylation sites is 1. The number of benzene rings is 2. The molecule has 0 bridgehead atoms. The van der Waals surface area contributed by atoms with Crippen LogP contribution in [0.5, 0.6) is 0 Å². The van der Waals surface area contributed by atoms with Crippen LogP contribution in [0.1, 0.15) is 28.3 Å². The number of rotatable bonds is 1. The van der Waals surface area contributed by atoms with Crippen LogP contribution in [-0.4, -0.2) is 10.2 Å². The number of halogens is 1. The number of aromatic amines is 1. The lowest BCUT2D eigenvalue weighted by atomic mass is 9.82. The third-order valence-corrected chi connectivity index (χ3v) is 4.87. The number of hydrogen-bond donors (Lipinski definition) is 2. The van der Waals surface area contributed by atoms with Crippen LogP contribution in [0.25, 0.3) is 11.0 Å². The molecule has 1 unspecified atom stereocenters. The monoisotopic (exact) mass is 347 g/mol. The molecule has 1 aliphatic heterocycles. The first-order chi connectivity index (χ1) is 12.6. The van der Waals surface area contributed by atoms with Crippen molar-refractivity contribution in [3.63, 3.8) is 0 Å². The smallest absolute Gasteiger partial charge is 0.342 e. The van der Waals surface area contributed by atoms with E-state index in [1.165, 1.54) is 12.1 Å². The van der Waals surface area contributed by atoms with Crippen molar-refractivity contribution in [3.05, 3.63) is 87.2 Å². The number of aryl methyl sites for hydroxylation is 1. The second kappa shape index (κ2) is 5.29. The maximum atomic E-state index is 13.4. The van der Waals surface area contributed by atoms with Gasteiger partial charge in [-0.05, 0) is 36.8 Å². The maximum Gasteiger partial charge on any atom is 0.342 e. The van der Waals surface area contributed by atoms with E-state index in [0.29, 0.717) is 22.7 Å². The third kappa shape index (κ3) is 2.02. The first-order valence-electron chi connectivity index (χ1n) is 8.26. The number of anilines is 2. The van der Waals surface area contributed by atoms with E-state index in [4.69, 9.17) is 4.42 Å². The van der Waals surface area contributed by atoms with Crippen LogP contribution >= 0.6 is 0 Å². The van der Waals surface area contributed by atoms with E-state index in [0.717, 1.165) is 22.2 Å². The third-order valence-electron chi connectivity index (χ3n) is 4.87. The van der Waals surface area contributed by atoms with Gasteiger partial charge in [0, 0.05) is 22.6 Å². The Kier molecular flexibility index (Phi) is 3.03. The second-order valence-corrected chi connectivity index (χ2v) is 6.39. The van der Waals surface area contributed by atoms with E-state index >= 15 is 0 Å². The minimum atomic E-state index is -0.410. The molecular weight excluding hydrogens is 333 g/mol. The van der Waals surface area contributed by atoms with Gasteiger partial charge < -0.3 is 9.73 Å². The molecule has 128 valence electrons. The molecule has 2 aromatic carbocycles. The first kappa shape index (κ1) is 14.9. The van der Waals surface area contributed by atoms with E-state index in [1.54, 1.807) is 18.2 Å². The van der Waals surface area contributed by atoms with E-state index in [2.05, 4.69) is 15.5 Å². The standard InChI is InChI=1S/C20H14FN3O2/c1-10-15-16(11-6-8-12(21)9-7-11)17-18(22-19(15)24-23-10)13-4-2-3-5-14(13)26-20(17)25/h2-9,16H,1H3,(H2,22,23,24). The molecule has 5 nitrogen and oxygen atoms in total. The zero-order valence-electron chi connectivity index (χ0n) is 13.8. The van der Waals surface area contributed by atoms with Gasteiger partial charge in [0.1, 0.15) is 11.4 Å². The summed E-state index contributed by atoms with van der Waals surface area (Å²) in [6, 6.07) is 13.6. The quantitative estimate of drug-likeness (QED) is 0.446. The molecule has 6 heteroatoms. The van der Waals surface area contributed by atoms with Crippen molar-refractivity contribution in [1.82, 2.24) is 10.2 Å². The lowest BCUT2D eigenvalue weighted by molar-refractivity contribution is 0.548. The Labute approximate surface area is 147 Å². The van der Waals surface area contributed by atoms with Crippen LogP contribution in [-0.2, 0) is 0 Å². The van der Waals surface area contributed by atoms with Crippen molar-refractivity contribution in [1.29, 1.82) is 0 Å². The van der Waals surface area contributed by atoms with Crippen molar-refractivity contribution in [3.8, 4) is 0 Å². The van der Waals surface area contributed by atoms with Gasteiger partial charge in [0.15, 0.2) is 5.82 Å². The molecule has 2 aromatic heterocycles. The summed E-state index contributed by atoms with van der Waals surface area (Å²) in [5.41, 5.74) is 3.82. The predicted molar refractivity (Wildman–Crippen MR) is 96.4 cm³/mol. The molecule has 0 radical (unpaired) electrons. The molecule has 0 fully saturated rings. The minimum absolute atomic E-state index is 0.322. The van der Waals surface area contributed by atoms with Gasteiger partial charge in [-0.2, -0.15) is 5.10 Å².